The summed E-state index contributed by atoms with van der Waals surface area (Å²) in [7, 11) is 0. The Hall–Kier alpha value is -0.610. The molecule has 3 atom stereocenters. The third-order valence-electron chi connectivity index (χ3n) is 5.45. The van der Waals surface area contributed by atoms with E-state index in [-0.39, 0.29) is 0 Å². The van der Waals surface area contributed by atoms with E-state index in [1.165, 1.54) is 38.5 Å². The lowest BCUT2D eigenvalue weighted by atomic mass is 9.90. The van der Waals surface area contributed by atoms with Crippen molar-refractivity contribution in [3.05, 3.63) is 0 Å². The maximum atomic E-state index is 12.6. The van der Waals surface area contributed by atoms with Crippen molar-refractivity contribution in [2.75, 3.05) is 26.2 Å². The molecule has 1 N–H and O–H groups in total. The first kappa shape index (κ1) is 15.3. The standard InChI is InChI=1S/C17H30N2O2/c20-17(9-8-15-6-1-2-12-21-15)19-11-4-7-16(19)14-5-3-10-18-13-14/h14-16,18H,1-13H2. The fourth-order valence-corrected chi connectivity index (χ4v) is 4.26. The van der Waals surface area contributed by atoms with Crippen molar-refractivity contribution >= 4 is 5.91 Å². The number of piperidine rings is 1. The van der Waals surface area contributed by atoms with Crippen LogP contribution >= 0.6 is 0 Å². The number of rotatable bonds is 4. The first-order valence-electron chi connectivity index (χ1n) is 8.96. The number of nitrogens with zero attached hydrogens (tertiary/aromatic N) is 1. The minimum absolute atomic E-state index is 0.333. The van der Waals surface area contributed by atoms with Gasteiger partial charge in [0.1, 0.15) is 0 Å². The Labute approximate surface area is 128 Å². The van der Waals surface area contributed by atoms with Crippen LogP contribution in [0.25, 0.3) is 0 Å². The normalized spacial score (nSPS) is 34.1. The van der Waals surface area contributed by atoms with Crippen LogP contribution in [0.15, 0.2) is 0 Å². The first-order chi connectivity index (χ1) is 10.3. The Balaban J connectivity index is 1.48. The molecule has 3 aliphatic rings. The van der Waals surface area contributed by atoms with E-state index in [1.54, 1.807) is 0 Å². The summed E-state index contributed by atoms with van der Waals surface area (Å²) in [6, 6.07) is 0.498. The van der Waals surface area contributed by atoms with E-state index < -0.39 is 0 Å². The van der Waals surface area contributed by atoms with Crippen LogP contribution in [-0.4, -0.2) is 49.2 Å². The Kier molecular flexibility index (Phi) is 5.53. The summed E-state index contributed by atoms with van der Waals surface area (Å²) in [6.07, 6.45) is 10.5. The molecule has 3 heterocycles. The number of carbonyl (C=O) groups excluding carboxylic acids is 1. The molecule has 3 saturated heterocycles. The molecule has 0 spiro atoms. The molecule has 0 aliphatic carbocycles. The lowest BCUT2D eigenvalue weighted by molar-refractivity contribution is -0.134. The molecule has 3 aliphatic heterocycles. The zero-order valence-corrected chi connectivity index (χ0v) is 13.2. The Morgan fingerprint density at radius 1 is 1.14 bits per heavy atom. The molecule has 0 aromatic rings. The third kappa shape index (κ3) is 3.98. The van der Waals surface area contributed by atoms with Gasteiger partial charge in [0, 0.05) is 25.6 Å². The number of ether oxygens (including phenoxy) is 1. The fraction of sp³-hybridized carbons (Fsp3) is 0.941. The van der Waals surface area contributed by atoms with Gasteiger partial charge < -0.3 is 15.0 Å². The monoisotopic (exact) mass is 294 g/mol. The van der Waals surface area contributed by atoms with Gasteiger partial charge in [-0.3, -0.25) is 4.79 Å². The van der Waals surface area contributed by atoms with Gasteiger partial charge in [-0.1, -0.05) is 0 Å². The van der Waals surface area contributed by atoms with E-state index in [1.807, 2.05) is 0 Å². The van der Waals surface area contributed by atoms with Crippen molar-refractivity contribution in [2.24, 2.45) is 5.92 Å². The van der Waals surface area contributed by atoms with Gasteiger partial charge >= 0.3 is 0 Å². The van der Waals surface area contributed by atoms with Crippen LogP contribution in [0.3, 0.4) is 0 Å². The second-order valence-electron chi connectivity index (χ2n) is 6.93. The van der Waals surface area contributed by atoms with Crippen molar-refractivity contribution in [3.63, 3.8) is 0 Å². The van der Waals surface area contributed by atoms with E-state index in [4.69, 9.17) is 4.74 Å². The van der Waals surface area contributed by atoms with E-state index in [2.05, 4.69) is 10.2 Å². The summed E-state index contributed by atoms with van der Waals surface area (Å²) < 4.78 is 5.75. The highest BCUT2D eigenvalue weighted by Gasteiger charge is 2.35. The van der Waals surface area contributed by atoms with Crippen molar-refractivity contribution in [1.29, 1.82) is 0 Å². The van der Waals surface area contributed by atoms with Crippen molar-refractivity contribution in [1.82, 2.24) is 10.2 Å². The van der Waals surface area contributed by atoms with Crippen LogP contribution in [-0.2, 0) is 9.53 Å². The number of likely N-dealkylation sites (tertiary alicyclic amines) is 1. The van der Waals surface area contributed by atoms with Gasteiger partial charge in [-0.25, -0.2) is 0 Å². The van der Waals surface area contributed by atoms with Gasteiger partial charge in [0.05, 0.1) is 6.10 Å². The van der Waals surface area contributed by atoms with Crippen molar-refractivity contribution in [3.8, 4) is 0 Å². The van der Waals surface area contributed by atoms with Gasteiger partial charge in [0.15, 0.2) is 0 Å². The predicted octanol–water partition coefficient (Wildman–Crippen LogP) is 2.33. The second kappa shape index (κ2) is 7.59. The summed E-state index contributed by atoms with van der Waals surface area (Å²) in [5.74, 6) is 1.05. The highest BCUT2D eigenvalue weighted by molar-refractivity contribution is 5.76. The zero-order valence-electron chi connectivity index (χ0n) is 13.2. The zero-order chi connectivity index (χ0) is 14.5. The number of carbonyl (C=O) groups is 1. The van der Waals surface area contributed by atoms with Crippen LogP contribution in [0.4, 0.5) is 0 Å². The average molecular weight is 294 g/mol. The third-order valence-corrected chi connectivity index (χ3v) is 5.45. The van der Waals surface area contributed by atoms with Gasteiger partial charge in [-0.2, -0.15) is 0 Å². The quantitative estimate of drug-likeness (QED) is 0.865. The van der Waals surface area contributed by atoms with Crippen molar-refractivity contribution < 1.29 is 9.53 Å². The Bertz CT molecular complexity index is 336. The Morgan fingerprint density at radius 2 is 2.10 bits per heavy atom. The van der Waals surface area contributed by atoms with E-state index in [0.29, 0.717) is 30.4 Å². The lowest BCUT2D eigenvalue weighted by Crippen LogP contribution is -2.45. The summed E-state index contributed by atoms with van der Waals surface area (Å²) in [4.78, 5) is 14.8. The smallest absolute Gasteiger partial charge is 0.222 e. The minimum Gasteiger partial charge on any atom is -0.378 e. The molecule has 0 aromatic carbocycles. The van der Waals surface area contributed by atoms with E-state index in [0.717, 1.165) is 39.1 Å². The van der Waals surface area contributed by atoms with E-state index in [9.17, 15) is 4.79 Å². The van der Waals surface area contributed by atoms with Crippen LogP contribution in [0.1, 0.15) is 57.8 Å². The highest BCUT2D eigenvalue weighted by Crippen LogP contribution is 2.29. The molecular weight excluding hydrogens is 264 g/mol. The number of hydrogen-bond acceptors (Lipinski definition) is 3. The molecule has 0 aromatic heterocycles. The van der Waals surface area contributed by atoms with Crippen LogP contribution in [0.5, 0.6) is 0 Å². The summed E-state index contributed by atoms with van der Waals surface area (Å²) >= 11 is 0. The topological polar surface area (TPSA) is 41.6 Å². The van der Waals surface area contributed by atoms with Gasteiger partial charge in [0.25, 0.3) is 0 Å². The summed E-state index contributed by atoms with van der Waals surface area (Å²) in [5.41, 5.74) is 0. The summed E-state index contributed by atoms with van der Waals surface area (Å²) in [6.45, 7) is 4.11. The lowest BCUT2D eigenvalue weighted by Gasteiger charge is -2.34. The van der Waals surface area contributed by atoms with Gasteiger partial charge in [-0.05, 0) is 70.4 Å². The molecule has 3 fully saturated rings. The molecule has 3 rings (SSSR count). The predicted molar refractivity (Wildman–Crippen MR) is 83.2 cm³/mol. The first-order valence-corrected chi connectivity index (χ1v) is 8.96. The molecule has 21 heavy (non-hydrogen) atoms. The highest BCUT2D eigenvalue weighted by atomic mass is 16.5. The molecule has 1 amide bonds. The van der Waals surface area contributed by atoms with Crippen LogP contribution in [0, 0.1) is 5.92 Å². The molecule has 0 saturated carbocycles. The molecule has 120 valence electrons. The maximum Gasteiger partial charge on any atom is 0.222 e. The molecule has 0 bridgehead atoms. The number of hydrogen-bond donors (Lipinski definition) is 1. The summed E-state index contributed by atoms with van der Waals surface area (Å²) in [5, 5.41) is 3.50. The van der Waals surface area contributed by atoms with Gasteiger partial charge in [-0.15, -0.1) is 0 Å². The van der Waals surface area contributed by atoms with Crippen molar-refractivity contribution in [2.45, 2.75) is 69.9 Å². The average Bonchev–Trinajstić information content (AvgIpc) is 3.04. The maximum absolute atomic E-state index is 12.6. The minimum atomic E-state index is 0.333. The van der Waals surface area contributed by atoms with Crippen LogP contribution in [0.2, 0.25) is 0 Å². The van der Waals surface area contributed by atoms with Gasteiger partial charge in [0.2, 0.25) is 5.91 Å². The number of amides is 1. The van der Waals surface area contributed by atoms with Crippen LogP contribution < -0.4 is 5.32 Å². The molecule has 4 heteroatoms. The van der Waals surface area contributed by atoms with E-state index >= 15 is 0 Å². The number of nitrogens with one attached hydrogen (secondary N) is 1. The fourth-order valence-electron chi connectivity index (χ4n) is 4.26. The molecule has 0 radical (unpaired) electrons. The molecule has 3 unspecified atom stereocenters. The second-order valence-corrected chi connectivity index (χ2v) is 6.93. The SMILES string of the molecule is O=C(CCC1CCCCO1)N1CCCC1C1CCCNC1. The Morgan fingerprint density at radius 3 is 2.86 bits per heavy atom. The largest absolute Gasteiger partial charge is 0.378 e. The molecule has 4 nitrogen and oxygen atoms in total. The molecular formula is C17H30N2O2.